The van der Waals surface area contributed by atoms with Crippen LogP contribution >= 0.6 is 0 Å². The summed E-state index contributed by atoms with van der Waals surface area (Å²) in [6.07, 6.45) is 1.71. The molecule has 0 aliphatic carbocycles. The van der Waals surface area contributed by atoms with Crippen LogP contribution in [-0.2, 0) is 9.47 Å². The summed E-state index contributed by atoms with van der Waals surface area (Å²) >= 11 is 0. The summed E-state index contributed by atoms with van der Waals surface area (Å²) in [6, 6.07) is 7.32. The minimum atomic E-state index is -0.583. The van der Waals surface area contributed by atoms with E-state index in [2.05, 4.69) is 11.8 Å². The van der Waals surface area contributed by atoms with E-state index in [0.717, 1.165) is 18.6 Å². The summed E-state index contributed by atoms with van der Waals surface area (Å²) < 4.78 is 15.6. The van der Waals surface area contributed by atoms with Crippen LogP contribution in [0.3, 0.4) is 0 Å². The number of carbonyl (C=O) groups excluding carboxylic acids is 1. The lowest BCUT2D eigenvalue weighted by molar-refractivity contribution is 0.0323. The largest absolute Gasteiger partial charge is 0.497 e. The van der Waals surface area contributed by atoms with Crippen LogP contribution in [-0.4, -0.2) is 63.9 Å². The van der Waals surface area contributed by atoms with Gasteiger partial charge in [0.1, 0.15) is 5.75 Å². The number of Topliss-reactive ketones (excluding diaryl/α,β-unsaturated/α-hetero) is 1. The van der Waals surface area contributed by atoms with Gasteiger partial charge in [0.2, 0.25) is 0 Å². The Labute approximate surface area is 145 Å². The Kier molecular flexibility index (Phi) is 8.97. The van der Waals surface area contributed by atoms with Crippen molar-refractivity contribution in [1.29, 1.82) is 0 Å². The fourth-order valence-corrected chi connectivity index (χ4v) is 2.96. The van der Waals surface area contributed by atoms with E-state index in [-0.39, 0.29) is 5.78 Å². The van der Waals surface area contributed by atoms with Crippen LogP contribution in [0.5, 0.6) is 5.75 Å². The second-order valence-electron chi connectivity index (χ2n) is 6.05. The quantitative estimate of drug-likeness (QED) is 0.549. The van der Waals surface area contributed by atoms with Gasteiger partial charge in [0.05, 0.1) is 25.9 Å². The normalized spacial score (nSPS) is 13.8. The molecule has 0 N–H and O–H groups in total. The molecule has 0 heterocycles. The van der Waals surface area contributed by atoms with E-state index in [1.807, 2.05) is 31.2 Å². The Bertz CT molecular complexity index is 481. The SMILES string of the molecule is CCCC(C)(C(=O)c1ccc(OC)cc1)N(CCOC)CCOC. The Morgan fingerprint density at radius 3 is 2.00 bits per heavy atom. The molecular weight excluding hydrogens is 306 g/mol. The molecule has 1 rings (SSSR count). The maximum absolute atomic E-state index is 13.3. The van der Waals surface area contributed by atoms with Crippen molar-refractivity contribution in [2.24, 2.45) is 0 Å². The first-order chi connectivity index (χ1) is 11.5. The van der Waals surface area contributed by atoms with Gasteiger partial charge in [0.15, 0.2) is 5.78 Å². The summed E-state index contributed by atoms with van der Waals surface area (Å²) in [5.74, 6) is 0.874. The molecule has 24 heavy (non-hydrogen) atoms. The molecule has 1 unspecified atom stereocenters. The van der Waals surface area contributed by atoms with Gasteiger partial charge in [-0.05, 0) is 37.6 Å². The van der Waals surface area contributed by atoms with Crippen molar-refractivity contribution in [2.45, 2.75) is 32.2 Å². The molecule has 0 radical (unpaired) electrons. The highest BCUT2D eigenvalue weighted by Crippen LogP contribution is 2.27. The summed E-state index contributed by atoms with van der Waals surface area (Å²) in [7, 11) is 4.98. The Hall–Kier alpha value is -1.43. The molecule has 0 spiro atoms. The molecule has 1 atom stereocenters. The number of benzene rings is 1. The topological polar surface area (TPSA) is 48.0 Å². The molecule has 0 saturated carbocycles. The first-order valence-corrected chi connectivity index (χ1v) is 8.45. The number of hydrogen-bond donors (Lipinski definition) is 0. The second-order valence-corrected chi connectivity index (χ2v) is 6.05. The summed E-state index contributed by atoms with van der Waals surface area (Å²) in [6.45, 7) is 6.67. The number of ether oxygens (including phenoxy) is 3. The average molecular weight is 337 g/mol. The van der Waals surface area contributed by atoms with Gasteiger partial charge in [-0.2, -0.15) is 0 Å². The minimum Gasteiger partial charge on any atom is -0.497 e. The Morgan fingerprint density at radius 1 is 1.04 bits per heavy atom. The molecule has 0 amide bonds. The van der Waals surface area contributed by atoms with Crippen LogP contribution in [0.4, 0.5) is 0 Å². The fourth-order valence-electron chi connectivity index (χ4n) is 2.96. The van der Waals surface area contributed by atoms with E-state index in [4.69, 9.17) is 14.2 Å². The van der Waals surface area contributed by atoms with Gasteiger partial charge >= 0.3 is 0 Å². The summed E-state index contributed by atoms with van der Waals surface area (Å²) in [4.78, 5) is 15.4. The van der Waals surface area contributed by atoms with Gasteiger partial charge in [0, 0.05) is 32.9 Å². The zero-order chi connectivity index (χ0) is 18.0. The standard InChI is InChI=1S/C19H31NO4/c1-6-11-19(2,20(12-14-22-3)13-15-23-4)18(21)16-7-9-17(24-5)10-8-16/h7-10H,6,11-15H2,1-5H3. The van der Waals surface area contributed by atoms with Crippen molar-refractivity contribution >= 4 is 5.78 Å². The van der Waals surface area contributed by atoms with Crippen molar-refractivity contribution < 1.29 is 19.0 Å². The highest BCUT2D eigenvalue weighted by Gasteiger charge is 2.38. The third-order valence-corrected chi connectivity index (χ3v) is 4.41. The highest BCUT2D eigenvalue weighted by atomic mass is 16.5. The molecule has 0 aliphatic rings. The van der Waals surface area contributed by atoms with E-state index in [0.29, 0.717) is 31.9 Å². The zero-order valence-electron chi connectivity index (χ0n) is 15.6. The lowest BCUT2D eigenvalue weighted by Gasteiger charge is -2.40. The smallest absolute Gasteiger partial charge is 0.182 e. The minimum absolute atomic E-state index is 0.124. The van der Waals surface area contributed by atoms with Crippen molar-refractivity contribution in [3.05, 3.63) is 29.8 Å². The van der Waals surface area contributed by atoms with Crippen LogP contribution < -0.4 is 4.74 Å². The molecule has 136 valence electrons. The first kappa shape index (κ1) is 20.6. The number of nitrogens with zero attached hydrogens (tertiary/aromatic N) is 1. The van der Waals surface area contributed by atoms with Gasteiger partial charge in [-0.1, -0.05) is 13.3 Å². The van der Waals surface area contributed by atoms with Crippen molar-refractivity contribution in [3.8, 4) is 5.75 Å². The van der Waals surface area contributed by atoms with E-state index in [1.165, 1.54) is 0 Å². The number of hydrogen-bond acceptors (Lipinski definition) is 5. The van der Waals surface area contributed by atoms with Gasteiger partial charge in [-0.15, -0.1) is 0 Å². The predicted octanol–water partition coefficient (Wildman–Crippen LogP) is 3.03. The van der Waals surface area contributed by atoms with E-state index in [1.54, 1.807) is 21.3 Å². The van der Waals surface area contributed by atoms with Crippen LogP contribution in [0, 0.1) is 0 Å². The third-order valence-electron chi connectivity index (χ3n) is 4.41. The number of methoxy groups -OCH3 is 3. The second kappa shape index (κ2) is 10.4. The van der Waals surface area contributed by atoms with Gasteiger partial charge in [-0.3, -0.25) is 9.69 Å². The van der Waals surface area contributed by atoms with Crippen LogP contribution in [0.25, 0.3) is 0 Å². The van der Waals surface area contributed by atoms with Gasteiger partial charge in [0.25, 0.3) is 0 Å². The molecule has 0 fully saturated rings. The summed E-state index contributed by atoms with van der Waals surface area (Å²) in [5.41, 5.74) is 0.118. The molecule has 0 bridgehead atoms. The Balaban J connectivity index is 3.09. The molecule has 0 aliphatic heterocycles. The lowest BCUT2D eigenvalue weighted by atomic mass is 9.85. The van der Waals surface area contributed by atoms with Crippen LogP contribution in [0.15, 0.2) is 24.3 Å². The maximum Gasteiger partial charge on any atom is 0.182 e. The van der Waals surface area contributed by atoms with Crippen molar-refractivity contribution in [3.63, 3.8) is 0 Å². The molecular formula is C19H31NO4. The fraction of sp³-hybridized carbons (Fsp3) is 0.632. The van der Waals surface area contributed by atoms with Gasteiger partial charge < -0.3 is 14.2 Å². The van der Waals surface area contributed by atoms with Gasteiger partial charge in [-0.25, -0.2) is 0 Å². The van der Waals surface area contributed by atoms with Crippen LogP contribution in [0.2, 0.25) is 0 Å². The van der Waals surface area contributed by atoms with Crippen molar-refractivity contribution in [1.82, 2.24) is 4.90 Å². The third kappa shape index (κ3) is 5.30. The molecule has 1 aromatic carbocycles. The molecule has 0 saturated heterocycles. The lowest BCUT2D eigenvalue weighted by Crippen LogP contribution is -2.54. The number of rotatable bonds is 12. The van der Waals surface area contributed by atoms with Crippen molar-refractivity contribution in [2.75, 3.05) is 47.6 Å². The van der Waals surface area contributed by atoms with E-state index >= 15 is 0 Å². The average Bonchev–Trinajstić information content (AvgIpc) is 2.61. The molecule has 5 nitrogen and oxygen atoms in total. The molecule has 1 aromatic rings. The predicted molar refractivity (Wildman–Crippen MR) is 96.0 cm³/mol. The number of carbonyl (C=O) groups is 1. The van der Waals surface area contributed by atoms with E-state index in [9.17, 15) is 4.79 Å². The highest BCUT2D eigenvalue weighted by molar-refractivity contribution is 6.03. The summed E-state index contributed by atoms with van der Waals surface area (Å²) in [5, 5.41) is 0. The molecule has 0 aromatic heterocycles. The molecule has 5 heteroatoms. The first-order valence-electron chi connectivity index (χ1n) is 8.45. The maximum atomic E-state index is 13.3. The van der Waals surface area contributed by atoms with E-state index < -0.39 is 5.54 Å². The monoisotopic (exact) mass is 337 g/mol. The Morgan fingerprint density at radius 2 is 1.58 bits per heavy atom. The van der Waals surface area contributed by atoms with Crippen LogP contribution in [0.1, 0.15) is 37.0 Å². The zero-order valence-corrected chi connectivity index (χ0v) is 15.6. The number of ketones is 1.